The molecule has 0 radical (unpaired) electrons. The summed E-state index contributed by atoms with van der Waals surface area (Å²) >= 11 is 0. The highest BCUT2D eigenvalue weighted by atomic mass is 32.2. The molecular formula is C13H21NO3S. The van der Waals surface area contributed by atoms with Gasteiger partial charge in [-0.2, -0.15) is 0 Å². The third kappa shape index (κ3) is 4.08. The molecule has 1 aromatic carbocycles. The fourth-order valence-corrected chi connectivity index (χ4v) is 2.44. The Morgan fingerprint density at radius 3 is 2.61 bits per heavy atom. The highest BCUT2D eigenvalue weighted by Gasteiger charge is 2.16. The first-order valence-electron chi connectivity index (χ1n) is 5.90. The Balaban J connectivity index is 2.90. The van der Waals surface area contributed by atoms with Crippen molar-refractivity contribution in [3.63, 3.8) is 0 Å². The number of benzene rings is 1. The fraction of sp³-hybridized carbons (Fsp3) is 0.538. The van der Waals surface area contributed by atoms with Gasteiger partial charge in [-0.1, -0.05) is 19.1 Å². The second kappa shape index (κ2) is 6.31. The minimum Gasteiger partial charge on any atom is -0.385 e. The molecule has 2 N–H and O–H groups in total. The molecule has 0 amide bonds. The number of hydrogen-bond acceptors (Lipinski definition) is 4. The van der Waals surface area contributed by atoms with Crippen molar-refractivity contribution in [1.29, 1.82) is 0 Å². The average molecular weight is 271 g/mol. The molecule has 0 fully saturated rings. The lowest BCUT2D eigenvalue weighted by Gasteiger charge is -2.20. The maximum absolute atomic E-state index is 11.5. The van der Waals surface area contributed by atoms with Crippen LogP contribution in [-0.4, -0.2) is 28.4 Å². The Morgan fingerprint density at radius 1 is 1.39 bits per heavy atom. The van der Waals surface area contributed by atoms with E-state index >= 15 is 0 Å². The van der Waals surface area contributed by atoms with E-state index in [1.54, 1.807) is 25.3 Å². The molecule has 0 saturated heterocycles. The van der Waals surface area contributed by atoms with Crippen LogP contribution in [-0.2, 0) is 14.6 Å². The Morgan fingerprint density at radius 2 is 2.06 bits per heavy atom. The largest absolute Gasteiger partial charge is 0.385 e. The van der Waals surface area contributed by atoms with Gasteiger partial charge in [-0.3, -0.25) is 0 Å². The quantitative estimate of drug-likeness (QED) is 0.856. The second-order valence-electron chi connectivity index (χ2n) is 4.63. The number of nitrogens with two attached hydrogens (primary N) is 1. The van der Waals surface area contributed by atoms with Crippen LogP contribution < -0.4 is 5.73 Å². The predicted octanol–water partition coefficient (Wildman–Crippen LogP) is 1.76. The van der Waals surface area contributed by atoms with Crippen molar-refractivity contribution < 1.29 is 13.2 Å². The molecule has 0 aliphatic rings. The van der Waals surface area contributed by atoms with E-state index in [2.05, 4.69) is 0 Å². The molecule has 4 nitrogen and oxygen atoms in total. The topological polar surface area (TPSA) is 69.4 Å². The van der Waals surface area contributed by atoms with Crippen LogP contribution in [0.4, 0.5) is 0 Å². The van der Waals surface area contributed by atoms with Gasteiger partial charge in [-0.05, 0) is 30.0 Å². The highest BCUT2D eigenvalue weighted by molar-refractivity contribution is 7.90. The molecule has 5 heteroatoms. The third-order valence-electron chi connectivity index (χ3n) is 3.06. The number of methoxy groups -OCH3 is 1. The zero-order valence-corrected chi connectivity index (χ0v) is 11.9. The Bertz CT molecular complexity index is 485. The van der Waals surface area contributed by atoms with Crippen molar-refractivity contribution in [1.82, 2.24) is 0 Å². The maximum atomic E-state index is 11.5. The van der Waals surface area contributed by atoms with Gasteiger partial charge in [0.2, 0.25) is 0 Å². The SMILES string of the molecule is COCCC(C)C(N)c1cccc(S(C)(=O)=O)c1. The summed E-state index contributed by atoms with van der Waals surface area (Å²) in [7, 11) is -1.53. The van der Waals surface area contributed by atoms with Gasteiger partial charge < -0.3 is 10.5 Å². The molecule has 18 heavy (non-hydrogen) atoms. The van der Waals surface area contributed by atoms with Crippen LogP contribution in [0, 0.1) is 5.92 Å². The van der Waals surface area contributed by atoms with E-state index in [4.69, 9.17) is 10.5 Å². The molecule has 0 spiro atoms. The van der Waals surface area contributed by atoms with E-state index in [1.165, 1.54) is 6.26 Å². The van der Waals surface area contributed by atoms with Crippen molar-refractivity contribution in [3.8, 4) is 0 Å². The van der Waals surface area contributed by atoms with Gasteiger partial charge in [0.25, 0.3) is 0 Å². The molecule has 2 atom stereocenters. The molecular weight excluding hydrogens is 250 g/mol. The van der Waals surface area contributed by atoms with Crippen LogP contribution in [0.25, 0.3) is 0 Å². The minimum absolute atomic E-state index is 0.179. The monoisotopic (exact) mass is 271 g/mol. The van der Waals surface area contributed by atoms with Crippen molar-refractivity contribution in [2.45, 2.75) is 24.3 Å². The average Bonchev–Trinajstić information content (AvgIpc) is 2.34. The second-order valence-corrected chi connectivity index (χ2v) is 6.64. The summed E-state index contributed by atoms with van der Waals surface area (Å²) in [5.41, 5.74) is 6.99. The number of ether oxygens (including phenoxy) is 1. The number of hydrogen-bond donors (Lipinski definition) is 1. The molecule has 0 aliphatic carbocycles. The van der Waals surface area contributed by atoms with E-state index < -0.39 is 9.84 Å². The molecule has 0 saturated carbocycles. The lowest BCUT2D eigenvalue weighted by Crippen LogP contribution is -2.20. The van der Waals surface area contributed by atoms with E-state index in [1.807, 2.05) is 13.0 Å². The summed E-state index contributed by atoms with van der Waals surface area (Å²) in [6, 6.07) is 6.66. The van der Waals surface area contributed by atoms with Crippen LogP contribution in [0.2, 0.25) is 0 Å². The van der Waals surface area contributed by atoms with Crippen molar-refractivity contribution in [3.05, 3.63) is 29.8 Å². The molecule has 102 valence electrons. The van der Waals surface area contributed by atoms with Gasteiger partial charge in [0.15, 0.2) is 9.84 Å². The first kappa shape index (κ1) is 15.1. The van der Waals surface area contributed by atoms with Crippen LogP contribution in [0.5, 0.6) is 0 Å². The molecule has 0 aliphatic heterocycles. The third-order valence-corrected chi connectivity index (χ3v) is 4.17. The first-order chi connectivity index (χ1) is 8.36. The summed E-state index contributed by atoms with van der Waals surface area (Å²) in [5, 5.41) is 0. The summed E-state index contributed by atoms with van der Waals surface area (Å²) in [4.78, 5) is 0.314. The van der Waals surface area contributed by atoms with Crippen LogP contribution >= 0.6 is 0 Å². The van der Waals surface area contributed by atoms with Gasteiger partial charge in [0.1, 0.15) is 0 Å². The Hall–Kier alpha value is -0.910. The van der Waals surface area contributed by atoms with E-state index in [0.717, 1.165) is 12.0 Å². The van der Waals surface area contributed by atoms with Gasteiger partial charge in [-0.25, -0.2) is 8.42 Å². The number of sulfone groups is 1. The van der Waals surface area contributed by atoms with Crippen molar-refractivity contribution >= 4 is 9.84 Å². The minimum atomic E-state index is -3.18. The van der Waals surface area contributed by atoms with Crippen LogP contribution in [0.1, 0.15) is 24.9 Å². The van der Waals surface area contributed by atoms with E-state index in [0.29, 0.717) is 11.5 Å². The van der Waals surface area contributed by atoms with Gasteiger partial charge in [0, 0.05) is 26.0 Å². The predicted molar refractivity (Wildman–Crippen MR) is 72.1 cm³/mol. The summed E-state index contributed by atoms with van der Waals surface area (Å²) in [6.45, 7) is 2.69. The van der Waals surface area contributed by atoms with Gasteiger partial charge in [0.05, 0.1) is 4.90 Å². The maximum Gasteiger partial charge on any atom is 0.175 e. The standard InChI is InChI=1S/C13H21NO3S/c1-10(7-8-17-2)13(14)11-5-4-6-12(9-11)18(3,15)16/h4-6,9-10,13H,7-8,14H2,1-3H3. The zero-order valence-electron chi connectivity index (χ0n) is 11.1. The molecule has 0 bridgehead atoms. The Kier molecular flexibility index (Phi) is 5.31. The van der Waals surface area contributed by atoms with E-state index in [-0.39, 0.29) is 12.0 Å². The summed E-state index contributed by atoms with van der Waals surface area (Å²) in [5.74, 6) is 0.236. The van der Waals surface area contributed by atoms with Crippen LogP contribution in [0.15, 0.2) is 29.2 Å². The van der Waals surface area contributed by atoms with Crippen LogP contribution in [0.3, 0.4) is 0 Å². The molecule has 1 rings (SSSR count). The molecule has 0 heterocycles. The zero-order chi connectivity index (χ0) is 13.8. The number of rotatable bonds is 6. The van der Waals surface area contributed by atoms with E-state index in [9.17, 15) is 8.42 Å². The molecule has 1 aromatic rings. The van der Waals surface area contributed by atoms with Gasteiger partial charge in [-0.15, -0.1) is 0 Å². The lowest BCUT2D eigenvalue weighted by molar-refractivity contribution is 0.174. The summed E-state index contributed by atoms with van der Waals surface area (Å²) in [6.07, 6.45) is 2.05. The smallest absolute Gasteiger partial charge is 0.175 e. The molecule has 2 unspecified atom stereocenters. The first-order valence-corrected chi connectivity index (χ1v) is 7.80. The normalized spacial score (nSPS) is 15.3. The Labute approximate surface area is 109 Å². The van der Waals surface area contributed by atoms with Crippen molar-refractivity contribution in [2.24, 2.45) is 11.7 Å². The lowest BCUT2D eigenvalue weighted by atomic mass is 9.93. The van der Waals surface area contributed by atoms with Crippen molar-refractivity contribution in [2.75, 3.05) is 20.0 Å². The van der Waals surface area contributed by atoms with Gasteiger partial charge >= 0.3 is 0 Å². The summed E-state index contributed by atoms with van der Waals surface area (Å²) < 4.78 is 28.0. The highest BCUT2D eigenvalue weighted by Crippen LogP contribution is 2.24. The molecule has 0 aromatic heterocycles. The fourth-order valence-electron chi connectivity index (χ4n) is 1.76.